The summed E-state index contributed by atoms with van der Waals surface area (Å²) in [5.74, 6) is 0. The average molecular weight is 107 g/mol. The van der Waals surface area contributed by atoms with Gasteiger partial charge in [-0.2, -0.15) is 4.39 Å². The molecule has 0 saturated carbocycles. The molecule has 0 saturated heterocycles. The van der Waals surface area contributed by atoms with Crippen molar-refractivity contribution < 1.29 is 4.39 Å². The fourth-order valence-corrected chi connectivity index (χ4v) is 0.178. The molecule has 0 aromatic rings. The third-order valence-corrected chi connectivity index (χ3v) is 0.370. The standard InChI is InChI=1S/C4H4ClF/c1-2-3-4(5)6/h2-3H,1H2/b4-3+. The predicted molar refractivity (Wildman–Crippen MR) is 25.2 cm³/mol. The van der Waals surface area contributed by atoms with Gasteiger partial charge >= 0.3 is 0 Å². The van der Waals surface area contributed by atoms with Crippen LogP contribution in [0.4, 0.5) is 4.39 Å². The minimum atomic E-state index is -0.731. The number of rotatable bonds is 1. The van der Waals surface area contributed by atoms with Crippen LogP contribution in [0.3, 0.4) is 0 Å². The zero-order valence-corrected chi connectivity index (χ0v) is 3.87. The van der Waals surface area contributed by atoms with Gasteiger partial charge in [-0.05, 0) is 6.08 Å². The first kappa shape index (κ1) is 5.70. The SMILES string of the molecule is C=C/C=C(/F)Cl. The van der Waals surface area contributed by atoms with E-state index in [0.717, 1.165) is 6.08 Å². The second kappa shape index (κ2) is 2.91. The minimum absolute atomic E-state index is 0.731. The van der Waals surface area contributed by atoms with Crippen molar-refractivity contribution in [2.45, 2.75) is 0 Å². The highest BCUT2D eigenvalue weighted by Gasteiger charge is 1.73. The Morgan fingerprint density at radius 1 is 1.83 bits per heavy atom. The molecule has 0 fully saturated rings. The van der Waals surface area contributed by atoms with E-state index in [2.05, 4.69) is 6.58 Å². The van der Waals surface area contributed by atoms with Crippen molar-refractivity contribution >= 4 is 11.6 Å². The van der Waals surface area contributed by atoms with Crippen LogP contribution in [0.5, 0.6) is 0 Å². The van der Waals surface area contributed by atoms with Crippen molar-refractivity contribution in [1.29, 1.82) is 0 Å². The third kappa shape index (κ3) is 3.70. The quantitative estimate of drug-likeness (QED) is 0.450. The van der Waals surface area contributed by atoms with Crippen LogP contribution in [0.2, 0.25) is 0 Å². The maximum absolute atomic E-state index is 11.3. The molecule has 0 aliphatic rings. The Labute approximate surface area is 40.9 Å². The average Bonchev–Trinajstić information content (AvgIpc) is 1.35. The summed E-state index contributed by atoms with van der Waals surface area (Å²) in [6.45, 7) is 3.20. The highest BCUT2D eigenvalue weighted by molar-refractivity contribution is 6.28. The second-order valence-electron chi connectivity index (χ2n) is 0.692. The van der Waals surface area contributed by atoms with Gasteiger partial charge in [0.15, 0.2) is 5.29 Å². The van der Waals surface area contributed by atoms with E-state index >= 15 is 0 Å². The van der Waals surface area contributed by atoms with Gasteiger partial charge in [-0.3, -0.25) is 0 Å². The first-order valence-electron chi connectivity index (χ1n) is 1.41. The first-order valence-corrected chi connectivity index (χ1v) is 1.79. The van der Waals surface area contributed by atoms with Gasteiger partial charge in [-0.1, -0.05) is 24.3 Å². The minimum Gasteiger partial charge on any atom is -0.194 e. The third-order valence-electron chi connectivity index (χ3n) is 0.244. The number of hydrogen-bond donors (Lipinski definition) is 0. The number of halogens is 2. The van der Waals surface area contributed by atoms with Crippen LogP contribution in [0.15, 0.2) is 24.0 Å². The molecule has 0 N–H and O–H groups in total. The van der Waals surface area contributed by atoms with Crippen LogP contribution in [-0.2, 0) is 0 Å². The van der Waals surface area contributed by atoms with E-state index in [9.17, 15) is 4.39 Å². The molecule has 0 aliphatic carbocycles. The summed E-state index contributed by atoms with van der Waals surface area (Å²) in [6, 6.07) is 0. The van der Waals surface area contributed by atoms with Gasteiger partial charge in [0, 0.05) is 0 Å². The molecule has 0 rings (SSSR count). The highest BCUT2D eigenvalue weighted by atomic mass is 35.5. The molecule has 0 spiro atoms. The lowest BCUT2D eigenvalue weighted by Gasteiger charge is -1.67. The molecule has 0 radical (unpaired) electrons. The summed E-state index contributed by atoms with van der Waals surface area (Å²) in [4.78, 5) is 0. The van der Waals surface area contributed by atoms with Crippen molar-refractivity contribution in [2.24, 2.45) is 0 Å². The molecule has 0 aliphatic heterocycles. The lowest BCUT2D eigenvalue weighted by atomic mass is 10.6. The van der Waals surface area contributed by atoms with Gasteiger partial charge in [0.25, 0.3) is 0 Å². The fourth-order valence-electron chi connectivity index (χ4n) is 0.0891. The van der Waals surface area contributed by atoms with Gasteiger partial charge in [-0.15, -0.1) is 0 Å². The Kier molecular flexibility index (Phi) is 2.77. The largest absolute Gasteiger partial charge is 0.194 e. The molecule has 0 aromatic heterocycles. The van der Waals surface area contributed by atoms with Crippen molar-refractivity contribution in [3.8, 4) is 0 Å². The molecular weight excluding hydrogens is 102 g/mol. The highest BCUT2D eigenvalue weighted by Crippen LogP contribution is 1.99. The maximum atomic E-state index is 11.3. The van der Waals surface area contributed by atoms with Crippen molar-refractivity contribution in [1.82, 2.24) is 0 Å². The molecule has 6 heavy (non-hydrogen) atoms. The van der Waals surface area contributed by atoms with Crippen LogP contribution >= 0.6 is 11.6 Å². The number of allylic oxidation sites excluding steroid dienone is 2. The fraction of sp³-hybridized carbons (Fsp3) is 0. The summed E-state index contributed by atoms with van der Waals surface area (Å²) in [7, 11) is 0. The topological polar surface area (TPSA) is 0 Å². The van der Waals surface area contributed by atoms with Crippen LogP contribution in [-0.4, -0.2) is 0 Å². The van der Waals surface area contributed by atoms with Gasteiger partial charge in [0.1, 0.15) is 0 Å². The molecule has 0 nitrogen and oxygen atoms in total. The molecule has 0 atom stereocenters. The van der Waals surface area contributed by atoms with Gasteiger partial charge < -0.3 is 0 Å². The van der Waals surface area contributed by atoms with Gasteiger partial charge in [0.2, 0.25) is 0 Å². The van der Waals surface area contributed by atoms with E-state index in [1.54, 1.807) is 0 Å². The van der Waals surface area contributed by atoms with E-state index in [4.69, 9.17) is 11.6 Å². The van der Waals surface area contributed by atoms with E-state index in [-0.39, 0.29) is 0 Å². The normalized spacial score (nSPS) is 11.3. The monoisotopic (exact) mass is 106 g/mol. The Morgan fingerprint density at radius 3 is 2.33 bits per heavy atom. The van der Waals surface area contributed by atoms with Crippen LogP contribution in [0, 0.1) is 0 Å². The zero-order chi connectivity index (χ0) is 4.99. The van der Waals surface area contributed by atoms with Crippen molar-refractivity contribution in [3.05, 3.63) is 24.0 Å². The smallest absolute Gasteiger partial charge is 0.189 e. The molecule has 0 unspecified atom stereocenters. The van der Waals surface area contributed by atoms with Gasteiger partial charge in [-0.25, -0.2) is 0 Å². The van der Waals surface area contributed by atoms with Crippen molar-refractivity contribution in [2.75, 3.05) is 0 Å². The summed E-state index contributed by atoms with van der Waals surface area (Å²) in [5, 5.41) is -0.731. The molecule has 0 aromatic carbocycles. The van der Waals surface area contributed by atoms with E-state index in [1.165, 1.54) is 6.08 Å². The van der Waals surface area contributed by atoms with Gasteiger partial charge in [0.05, 0.1) is 0 Å². The molecule has 2 heteroatoms. The predicted octanol–water partition coefficient (Wildman–Crippen LogP) is 2.22. The molecule has 0 amide bonds. The first-order chi connectivity index (χ1) is 2.77. The van der Waals surface area contributed by atoms with E-state index < -0.39 is 5.29 Å². The second-order valence-corrected chi connectivity index (χ2v) is 1.05. The summed E-state index contributed by atoms with van der Waals surface area (Å²) in [6.07, 6.45) is 2.35. The maximum Gasteiger partial charge on any atom is 0.189 e. The number of hydrogen-bond acceptors (Lipinski definition) is 0. The van der Waals surface area contributed by atoms with E-state index in [0.29, 0.717) is 0 Å². The molecule has 0 heterocycles. The van der Waals surface area contributed by atoms with E-state index in [1.807, 2.05) is 0 Å². The Balaban J connectivity index is 3.41. The van der Waals surface area contributed by atoms with Crippen molar-refractivity contribution in [3.63, 3.8) is 0 Å². The molecule has 0 bridgehead atoms. The molecule has 34 valence electrons. The van der Waals surface area contributed by atoms with Crippen LogP contribution in [0.25, 0.3) is 0 Å². The summed E-state index contributed by atoms with van der Waals surface area (Å²) < 4.78 is 11.3. The zero-order valence-electron chi connectivity index (χ0n) is 3.12. The van der Waals surface area contributed by atoms with Crippen LogP contribution in [0.1, 0.15) is 0 Å². The Bertz CT molecular complexity index is 71.6. The summed E-state index contributed by atoms with van der Waals surface area (Å²) in [5.41, 5.74) is 0. The Hall–Kier alpha value is -0.300. The van der Waals surface area contributed by atoms with Crippen LogP contribution < -0.4 is 0 Å². The lowest BCUT2D eigenvalue weighted by molar-refractivity contribution is 0.695. The molecular formula is C4H4ClF. The Morgan fingerprint density at radius 2 is 2.33 bits per heavy atom. The lowest BCUT2D eigenvalue weighted by Crippen LogP contribution is -1.45. The summed E-state index contributed by atoms with van der Waals surface area (Å²) >= 11 is 4.70.